The maximum atomic E-state index is 14.1. The van der Waals surface area contributed by atoms with Gasteiger partial charge in [-0.05, 0) is 94.3 Å². The minimum atomic E-state index is -0.889. The second kappa shape index (κ2) is 28.5. The average molecular weight is 850 g/mol. The summed E-state index contributed by atoms with van der Waals surface area (Å²) in [5.41, 5.74) is 25.7. The van der Waals surface area contributed by atoms with Crippen molar-refractivity contribution >= 4 is 29.3 Å². The summed E-state index contributed by atoms with van der Waals surface area (Å²) in [5.74, 6) is -2.85. The number of hydrogen-bond acceptors (Lipinski definition) is 12. The van der Waals surface area contributed by atoms with Gasteiger partial charge < -0.3 is 49.3 Å². The first-order valence-electron chi connectivity index (χ1n) is 22.4. The molecule has 0 bridgehead atoms. The highest BCUT2D eigenvalue weighted by Crippen LogP contribution is 2.20. The van der Waals surface area contributed by atoms with Crippen LogP contribution in [0.2, 0.25) is 0 Å². The van der Waals surface area contributed by atoms with Crippen molar-refractivity contribution in [2.75, 3.05) is 45.8 Å². The van der Waals surface area contributed by atoms with Gasteiger partial charge in [0.05, 0.1) is 24.2 Å². The zero-order chi connectivity index (χ0) is 44.6. The fourth-order valence-corrected chi connectivity index (χ4v) is 7.74. The fraction of sp³-hybridized carbons (Fsp3) is 0.630. The van der Waals surface area contributed by atoms with Crippen LogP contribution in [-0.4, -0.2) is 116 Å². The maximum absolute atomic E-state index is 14.1. The summed E-state index contributed by atoms with van der Waals surface area (Å²) in [6.07, 6.45) is 3.61. The number of carbonyl (C=O) groups is 5. The van der Waals surface area contributed by atoms with Gasteiger partial charge in [-0.1, -0.05) is 74.5 Å². The quantitative estimate of drug-likeness (QED) is 0.0504. The van der Waals surface area contributed by atoms with Crippen LogP contribution in [-0.2, 0) is 36.8 Å². The first-order valence-corrected chi connectivity index (χ1v) is 22.4. The topological polar surface area (TPSA) is 261 Å². The van der Waals surface area contributed by atoms with Crippen molar-refractivity contribution in [2.24, 2.45) is 40.7 Å². The lowest BCUT2D eigenvalue weighted by atomic mass is 9.88. The summed E-state index contributed by atoms with van der Waals surface area (Å²) in [4.78, 5) is 70.1. The van der Waals surface area contributed by atoms with Crippen molar-refractivity contribution in [1.29, 1.82) is 0 Å². The molecule has 1 heterocycles. The molecule has 2 aromatic carbocycles. The number of Topliss-reactive ketones (excluding diaryl/α,β-unsaturated/α-hetero) is 2. The number of nitrogens with one attached hydrogen (secondary N) is 4. The first kappa shape index (κ1) is 51.3. The predicted molar refractivity (Wildman–Crippen MR) is 240 cm³/mol. The number of nitrogens with two attached hydrogens (primary N) is 4. The number of amides is 3. The zero-order valence-corrected chi connectivity index (χ0v) is 36.6. The number of piperazine rings is 1. The van der Waals surface area contributed by atoms with Crippen LogP contribution in [0.15, 0.2) is 60.7 Å². The number of carbonyl (C=O) groups excluding carboxylic acids is 5. The monoisotopic (exact) mass is 850 g/mol. The minimum absolute atomic E-state index is 0.0551. The van der Waals surface area contributed by atoms with Crippen LogP contribution in [0.25, 0.3) is 0 Å². The van der Waals surface area contributed by atoms with E-state index in [1.807, 2.05) is 79.4 Å². The molecule has 1 aliphatic rings. The SMILES string of the molecule is CC(C)C[C@@H](NC(=O)[C@H](CC(=O)[C@H](N)Cc1ccccc1)Cc1ccccc1)C(=O)C[C@H](CCCN)C(=O)NCCCC[C@H](NC(=O)[C@H](N)CCCN)C(O)N1CCNCC1. The molecule has 0 aliphatic carbocycles. The number of rotatable bonds is 30. The lowest BCUT2D eigenvalue weighted by Gasteiger charge is -2.36. The third kappa shape index (κ3) is 19.2. The molecule has 0 radical (unpaired) electrons. The van der Waals surface area contributed by atoms with Gasteiger partial charge in [0.25, 0.3) is 0 Å². The number of nitrogens with zero attached hydrogens (tertiary/aromatic N) is 1. The van der Waals surface area contributed by atoms with Crippen LogP contribution in [0.5, 0.6) is 0 Å². The van der Waals surface area contributed by atoms with Crippen molar-refractivity contribution < 1.29 is 29.1 Å². The number of unbranched alkanes of at least 4 members (excludes halogenated alkanes) is 1. The first-order chi connectivity index (χ1) is 29.3. The number of ketones is 2. The van der Waals surface area contributed by atoms with Crippen molar-refractivity contribution in [2.45, 2.75) is 121 Å². The molecule has 61 heavy (non-hydrogen) atoms. The van der Waals surface area contributed by atoms with Crippen LogP contribution < -0.4 is 44.2 Å². The summed E-state index contributed by atoms with van der Waals surface area (Å²) in [6.45, 7) is 7.81. The molecule has 15 nitrogen and oxygen atoms in total. The Hall–Kier alpha value is -4.09. The Bertz CT molecular complexity index is 1590. The van der Waals surface area contributed by atoms with E-state index in [0.29, 0.717) is 96.9 Å². The number of aliphatic hydroxyl groups excluding tert-OH is 1. The van der Waals surface area contributed by atoms with E-state index < -0.39 is 48.1 Å². The van der Waals surface area contributed by atoms with Crippen LogP contribution in [0.3, 0.4) is 0 Å². The molecule has 2 aromatic rings. The lowest BCUT2D eigenvalue weighted by molar-refractivity contribution is -0.134. The Morgan fingerprint density at radius 2 is 1.28 bits per heavy atom. The summed E-state index contributed by atoms with van der Waals surface area (Å²) >= 11 is 0. The second-order valence-electron chi connectivity index (χ2n) is 17.0. The molecule has 1 aliphatic heterocycles. The Morgan fingerprint density at radius 3 is 1.89 bits per heavy atom. The van der Waals surface area contributed by atoms with Gasteiger partial charge in [0.2, 0.25) is 17.7 Å². The van der Waals surface area contributed by atoms with Crippen molar-refractivity contribution in [3.63, 3.8) is 0 Å². The summed E-state index contributed by atoms with van der Waals surface area (Å²) in [6, 6.07) is 16.0. The number of benzene rings is 2. The van der Waals surface area contributed by atoms with Crippen molar-refractivity contribution in [1.82, 2.24) is 26.2 Å². The molecule has 1 unspecified atom stereocenters. The van der Waals surface area contributed by atoms with E-state index in [1.54, 1.807) is 0 Å². The number of hydrogen-bond donors (Lipinski definition) is 9. The van der Waals surface area contributed by atoms with E-state index in [4.69, 9.17) is 22.9 Å². The van der Waals surface area contributed by atoms with E-state index in [9.17, 15) is 29.1 Å². The molecule has 0 spiro atoms. The van der Waals surface area contributed by atoms with Gasteiger partial charge in [-0.25, -0.2) is 0 Å². The van der Waals surface area contributed by atoms with Crippen molar-refractivity contribution in [3.8, 4) is 0 Å². The molecule has 1 saturated heterocycles. The number of aliphatic hydroxyl groups is 1. The highest BCUT2D eigenvalue weighted by atomic mass is 16.3. The van der Waals surface area contributed by atoms with Crippen LogP contribution in [0, 0.1) is 17.8 Å². The average Bonchev–Trinajstić information content (AvgIpc) is 3.26. The second-order valence-corrected chi connectivity index (χ2v) is 17.0. The largest absolute Gasteiger partial charge is 0.376 e. The highest BCUT2D eigenvalue weighted by Gasteiger charge is 2.32. The van der Waals surface area contributed by atoms with Crippen LogP contribution >= 0.6 is 0 Å². The molecule has 0 saturated carbocycles. The van der Waals surface area contributed by atoms with E-state index in [1.165, 1.54) is 0 Å². The predicted octanol–water partition coefficient (Wildman–Crippen LogP) is 1.28. The third-order valence-electron chi connectivity index (χ3n) is 11.4. The van der Waals surface area contributed by atoms with E-state index >= 15 is 0 Å². The summed E-state index contributed by atoms with van der Waals surface area (Å²) < 4.78 is 0. The molecular weight excluding hydrogens is 775 g/mol. The van der Waals surface area contributed by atoms with Gasteiger partial charge in [0.1, 0.15) is 6.23 Å². The highest BCUT2D eigenvalue weighted by molar-refractivity contribution is 5.94. The lowest BCUT2D eigenvalue weighted by Crippen LogP contribution is -2.58. The Kier molecular flexibility index (Phi) is 23.9. The zero-order valence-electron chi connectivity index (χ0n) is 36.6. The van der Waals surface area contributed by atoms with E-state index in [0.717, 1.165) is 24.2 Å². The van der Waals surface area contributed by atoms with Crippen LogP contribution in [0.1, 0.15) is 89.2 Å². The standard InChI is InChI=1S/C46H75N9O6/c1-32(2)27-40(54-44(59)36(28-33-13-5-3-6-14-33)31-41(56)38(50)29-34-15-7-4-8-16-34)42(57)30-35(17-11-20-47)43(58)52-22-10-9-19-39(46(61)55-25-23-51-24-26-55)53-45(60)37(49)18-12-21-48/h3-8,13-16,32,35-40,46,51,61H,9-12,17-31,47-50H2,1-2H3,(H,52,58)(H,53,60)(H,54,59)/t35-,36-,37+,38+,39-,40+,46?/m0/s1. The molecule has 15 heteroatoms. The third-order valence-corrected chi connectivity index (χ3v) is 11.4. The van der Waals surface area contributed by atoms with Gasteiger partial charge in [0, 0.05) is 57.4 Å². The van der Waals surface area contributed by atoms with E-state index in [2.05, 4.69) is 21.3 Å². The fourth-order valence-electron chi connectivity index (χ4n) is 7.74. The molecule has 3 amide bonds. The van der Waals surface area contributed by atoms with Gasteiger partial charge in [-0.15, -0.1) is 0 Å². The van der Waals surface area contributed by atoms with Crippen molar-refractivity contribution in [3.05, 3.63) is 71.8 Å². The Morgan fingerprint density at radius 1 is 0.689 bits per heavy atom. The molecule has 7 atom stereocenters. The van der Waals surface area contributed by atoms with Gasteiger partial charge in [-0.2, -0.15) is 0 Å². The molecule has 13 N–H and O–H groups in total. The Labute approximate surface area is 363 Å². The van der Waals surface area contributed by atoms with E-state index in [-0.39, 0.29) is 42.1 Å². The molecule has 0 aromatic heterocycles. The summed E-state index contributed by atoms with van der Waals surface area (Å²) in [5, 5.41) is 23.5. The molecule has 340 valence electrons. The molecule has 3 rings (SSSR count). The normalized spacial score (nSPS) is 16.7. The van der Waals surface area contributed by atoms with Gasteiger partial charge in [-0.3, -0.25) is 28.9 Å². The maximum Gasteiger partial charge on any atom is 0.237 e. The Balaban J connectivity index is 1.64. The van der Waals surface area contributed by atoms with Gasteiger partial charge >= 0.3 is 0 Å². The van der Waals surface area contributed by atoms with Gasteiger partial charge in [0.15, 0.2) is 11.6 Å². The summed E-state index contributed by atoms with van der Waals surface area (Å²) in [7, 11) is 0. The minimum Gasteiger partial charge on any atom is -0.376 e. The van der Waals surface area contributed by atoms with Crippen LogP contribution in [0.4, 0.5) is 0 Å². The molecular formula is C46H75N9O6. The smallest absolute Gasteiger partial charge is 0.237 e. The molecule has 1 fully saturated rings.